The van der Waals surface area contributed by atoms with Crippen LogP contribution in [0.5, 0.6) is 0 Å². The first-order valence-electron chi connectivity index (χ1n) is 1.19. The van der Waals surface area contributed by atoms with E-state index in [1.165, 1.54) is 0 Å². The zero-order valence-corrected chi connectivity index (χ0v) is 12.0. The second-order valence-electron chi connectivity index (χ2n) is 0.475. The van der Waals surface area contributed by atoms with E-state index in [0.717, 1.165) is 0 Å². The molecule has 0 aliphatic heterocycles. The van der Waals surface area contributed by atoms with Crippen LogP contribution >= 0.6 is 17.8 Å². The molecule has 0 saturated heterocycles. The van der Waals surface area contributed by atoms with E-state index in [2.05, 4.69) is 17.8 Å². The van der Waals surface area contributed by atoms with E-state index in [1.807, 2.05) is 0 Å². The van der Waals surface area contributed by atoms with Gasteiger partial charge in [-0.15, -0.1) is 0 Å². The van der Waals surface area contributed by atoms with Crippen molar-refractivity contribution in [2.75, 3.05) is 0 Å². The molecule has 55 valence electrons. The van der Waals surface area contributed by atoms with Crippen molar-refractivity contribution >= 4 is 55.9 Å². The molecule has 0 heterocycles. The monoisotopic (exact) mass is 433 g/mol. The summed E-state index contributed by atoms with van der Waals surface area (Å²) in [4.78, 5) is 0. The van der Waals surface area contributed by atoms with Gasteiger partial charge in [-0.05, 0) is 0 Å². The van der Waals surface area contributed by atoms with Gasteiger partial charge in [-0.3, -0.25) is 0 Å². The SMILES string of the molecule is [Co+2].[O]=[Sn]([O-])[Cl].[O]=[Sn]([O-])[Cl]. The predicted molar refractivity (Wildman–Crippen MR) is 24.6 cm³/mol. The van der Waals surface area contributed by atoms with Gasteiger partial charge in [-0.2, -0.15) is 0 Å². The summed E-state index contributed by atoms with van der Waals surface area (Å²) in [6, 6.07) is 0. The van der Waals surface area contributed by atoms with Gasteiger partial charge in [0.1, 0.15) is 0 Å². The van der Waals surface area contributed by atoms with E-state index < -0.39 is 38.1 Å². The van der Waals surface area contributed by atoms with Crippen LogP contribution in [0.4, 0.5) is 0 Å². The summed E-state index contributed by atoms with van der Waals surface area (Å²) >= 11 is -7.14. The third kappa shape index (κ3) is 141. The molecule has 0 aromatic rings. The first-order valence-corrected chi connectivity index (χ1v) is 13.1. The summed E-state index contributed by atoms with van der Waals surface area (Å²) in [5.41, 5.74) is 0. The summed E-state index contributed by atoms with van der Waals surface area (Å²) in [5.74, 6) is 0. The van der Waals surface area contributed by atoms with Gasteiger partial charge < -0.3 is 0 Å². The molecule has 9 heavy (non-hydrogen) atoms. The van der Waals surface area contributed by atoms with Crippen molar-refractivity contribution in [1.82, 2.24) is 0 Å². The van der Waals surface area contributed by atoms with Crippen molar-refractivity contribution < 1.29 is 29.8 Å². The van der Waals surface area contributed by atoms with Crippen LogP contribution in [0, 0.1) is 0 Å². The minimum atomic E-state index is -3.57. The second kappa shape index (κ2) is 12.8. The van der Waals surface area contributed by atoms with E-state index in [1.54, 1.807) is 0 Å². The number of rotatable bonds is 0. The Morgan fingerprint density at radius 1 is 1.00 bits per heavy atom. The van der Waals surface area contributed by atoms with E-state index in [4.69, 9.17) is 13.0 Å². The van der Waals surface area contributed by atoms with Crippen molar-refractivity contribution in [3.05, 3.63) is 0 Å². The van der Waals surface area contributed by atoms with Gasteiger partial charge in [0, 0.05) is 0 Å². The van der Waals surface area contributed by atoms with Crippen molar-refractivity contribution in [2.45, 2.75) is 0 Å². The molecule has 0 N–H and O–H groups in total. The minimum absolute atomic E-state index is 0. The summed E-state index contributed by atoms with van der Waals surface area (Å²) in [7, 11) is 8.72. The van der Waals surface area contributed by atoms with Gasteiger partial charge in [0.2, 0.25) is 0 Å². The summed E-state index contributed by atoms with van der Waals surface area (Å²) < 4.78 is 35.7. The number of halogens is 2. The average Bonchev–Trinajstić information content (AvgIpc) is 1.25. The Morgan fingerprint density at radius 2 is 1.00 bits per heavy atom. The second-order valence-corrected chi connectivity index (χ2v) is 7.33. The average molecular weight is 431 g/mol. The molecule has 1 radical (unpaired) electrons. The van der Waals surface area contributed by atoms with Crippen LogP contribution in [-0.4, -0.2) is 38.1 Å². The summed E-state index contributed by atoms with van der Waals surface area (Å²) in [5, 5.41) is 0. The molecule has 0 amide bonds. The van der Waals surface area contributed by atoms with Crippen LogP contribution in [0.1, 0.15) is 0 Å². The van der Waals surface area contributed by atoms with Gasteiger partial charge >= 0.3 is 85.7 Å². The normalized spacial score (nSPS) is 5.78. The van der Waals surface area contributed by atoms with E-state index in [0.29, 0.717) is 0 Å². The van der Waals surface area contributed by atoms with Gasteiger partial charge in [0.25, 0.3) is 0 Å². The molecule has 9 heteroatoms. The molecule has 0 aromatic carbocycles. The maximum absolute atomic E-state index is 8.93. The Balaban J connectivity index is -0.0000000720. The zero-order chi connectivity index (χ0) is 7.15. The molecule has 0 unspecified atom stereocenters. The molecule has 0 aliphatic rings. The van der Waals surface area contributed by atoms with Gasteiger partial charge in [0.15, 0.2) is 0 Å². The van der Waals surface area contributed by atoms with Gasteiger partial charge in [-0.25, -0.2) is 0 Å². The molecular formula is Cl2CoO4Sn2. The Bertz CT molecular complexity index is 74.6. The Labute approximate surface area is 84.5 Å². The molecule has 0 aromatic heterocycles. The first-order chi connectivity index (χ1) is 3.46. The van der Waals surface area contributed by atoms with Crippen LogP contribution < -0.4 is 6.89 Å². The molecule has 0 aliphatic carbocycles. The van der Waals surface area contributed by atoms with Crippen LogP contribution in [-0.2, 0) is 22.9 Å². The predicted octanol–water partition coefficient (Wildman–Crippen LogP) is -2.00. The van der Waals surface area contributed by atoms with Gasteiger partial charge in [-0.1, -0.05) is 0 Å². The molecule has 0 bridgehead atoms. The molecule has 0 rings (SSSR count). The van der Waals surface area contributed by atoms with E-state index in [9.17, 15) is 0 Å². The van der Waals surface area contributed by atoms with Crippen LogP contribution in [0.15, 0.2) is 0 Å². The maximum atomic E-state index is 8.93. The molecule has 4 nitrogen and oxygen atoms in total. The Morgan fingerprint density at radius 3 is 1.00 bits per heavy atom. The summed E-state index contributed by atoms with van der Waals surface area (Å²) in [6.07, 6.45) is 0. The van der Waals surface area contributed by atoms with E-state index >= 15 is 0 Å². The fraction of sp³-hybridized carbons (Fsp3) is 0. The van der Waals surface area contributed by atoms with Crippen LogP contribution in [0.2, 0.25) is 0 Å². The third-order valence-electron chi connectivity index (χ3n) is 0. The summed E-state index contributed by atoms with van der Waals surface area (Å²) in [6.45, 7) is 0. The van der Waals surface area contributed by atoms with Gasteiger partial charge in [0.05, 0.1) is 0 Å². The fourth-order valence-corrected chi connectivity index (χ4v) is 0. The molecule has 0 spiro atoms. The third-order valence-corrected chi connectivity index (χ3v) is 0. The Kier molecular flexibility index (Phi) is 24.7. The van der Waals surface area contributed by atoms with Crippen molar-refractivity contribution in [3.63, 3.8) is 0 Å². The molecule has 0 saturated carbocycles. The topological polar surface area (TPSA) is 80.3 Å². The Hall–Kier alpha value is 2.20. The molecule has 0 fully saturated rings. The molecular weight excluding hydrogens is 431 g/mol. The van der Waals surface area contributed by atoms with Crippen molar-refractivity contribution in [1.29, 1.82) is 0 Å². The number of hydrogen-bond acceptors (Lipinski definition) is 4. The first kappa shape index (κ1) is 17.3. The molecule has 0 atom stereocenters. The quantitative estimate of drug-likeness (QED) is 0.416. The van der Waals surface area contributed by atoms with E-state index in [-0.39, 0.29) is 16.8 Å². The fourth-order valence-electron chi connectivity index (χ4n) is 0. The number of hydrogen-bond donors (Lipinski definition) is 0. The standard InChI is InChI=1S/2ClH.Co.4O.2Sn/h2*1H;;;;;;;/q;;+2;;;2*-1;2*+1/p-2. The van der Waals surface area contributed by atoms with Crippen LogP contribution in [0.25, 0.3) is 0 Å². The van der Waals surface area contributed by atoms with Crippen molar-refractivity contribution in [3.8, 4) is 0 Å². The zero-order valence-electron chi connectivity index (χ0n) is 3.72. The van der Waals surface area contributed by atoms with Crippen molar-refractivity contribution in [2.24, 2.45) is 0 Å². The van der Waals surface area contributed by atoms with Crippen LogP contribution in [0.3, 0.4) is 0 Å².